The second kappa shape index (κ2) is 5.24. The highest BCUT2D eigenvalue weighted by molar-refractivity contribution is 7.99. The highest BCUT2D eigenvalue weighted by atomic mass is 32.2. The zero-order chi connectivity index (χ0) is 12.5. The summed E-state index contributed by atoms with van der Waals surface area (Å²) in [6.45, 7) is 7.59. The quantitative estimate of drug-likeness (QED) is 0.814. The second-order valence-corrected chi connectivity index (χ2v) is 6.55. The number of benzene rings is 1. The van der Waals surface area contributed by atoms with Crippen LogP contribution in [0, 0.1) is 0 Å². The molecule has 98 valence electrons. The molecule has 2 aliphatic heterocycles. The molecule has 0 amide bonds. The predicted molar refractivity (Wildman–Crippen MR) is 76.4 cm³/mol. The third-order valence-corrected chi connectivity index (χ3v) is 5.24. The summed E-state index contributed by atoms with van der Waals surface area (Å²) in [5.74, 6) is 1.93. The molecule has 3 atom stereocenters. The first-order valence-electron chi connectivity index (χ1n) is 6.81. The van der Waals surface area contributed by atoms with Gasteiger partial charge in [-0.2, -0.15) is 0 Å². The van der Waals surface area contributed by atoms with Crippen LogP contribution in [0.5, 0.6) is 0 Å². The van der Waals surface area contributed by atoms with Crippen LogP contribution in [-0.2, 0) is 4.74 Å². The molecule has 3 rings (SSSR count). The molecule has 3 heteroatoms. The highest BCUT2D eigenvalue weighted by Gasteiger charge is 2.29. The number of nitrogens with zero attached hydrogens (tertiary/aromatic N) is 1. The molecule has 0 N–H and O–H groups in total. The predicted octanol–water partition coefficient (Wildman–Crippen LogP) is 2.99. The van der Waals surface area contributed by atoms with Crippen LogP contribution in [0.4, 0.5) is 0 Å². The van der Waals surface area contributed by atoms with Crippen LogP contribution in [0.1, 0.15) is 25.3 Å². The van der Waals surface area contributed by atoms with E-state index in [4.69, 9.17) is 4.74 Å². The lowest BCUT2D eigenvalue weighted by atomic mass is 9.99. The normalized spacial score (nSPS) is 32.4. The molecule has 1 aromatic rings. The van der Waals surface area contributed by atoms with Crippen molar-refractivity contribution in [2.24, 2.45) is 0 Å². The van der Waals surface area contributed by atoms with Crippen molar-refractivity contribution in [2.75, 3.05) is 25.4 Å². The fraction of sp³-hybridized carbons (Fsp3) is 0.600. The van der Waals surface area contributed by atoms with E-state index in [0.29, 0.717) is 18.1 Å². The van der Waals surface area contributed by atoms with E-state index in [1.165, 1.54) is 17.2 Å². The van der Waals surface area contributed by atoms with Gasteiger partial charge in [-0.25, -0.2) is 0 Å². The van der Waals surface area contributed by atoms with Crippen LogP contribution in [0.3, 0.4) is 0 Å². The molecule has 1 saturated heterocycles. The van der Waals surface area contributed by atoms with Crippen LogP contribution >= 0.6 is 11.8 Å². The van der Waals surface area contributed by atoms with E-state index < -0.39 is 0 Å². The maximum absolute atomic E-state index is 5.71. The topological polar surface area (TPSA) is 12.5 Å². The van der Waals surface area contributed by atoms with Crippen molar-refractivity contribution in [3.8, 4) is 0 Å². The van der Waals surface area contributed by atoms with Crippen molar-refractivity contribution in [1.29, 1.82) is 0 Å². The number of hydrogen-bond donors (Lipinski definition) is 0. The van der Waals surface area contributed by atoms with Gasteiger partial charge in [0.25, 0.3) is 0 Å². The molecule has 18 heavy (non-hydrogen) atoms. The molecular formula is C15H21NOS. The fourth-order valence-electron chi connectivity index (χ4n) is 2.89. The minimum atomic E-state index is 0.380. The molecule has 3 unspecified atom stereocenters. The maximum atomic E-state index is 5.71. The number of thioether (sulfide) groups is 1. The molecule has 2 aliphatic rings. The van der Waals surface area contributed by atoms with Crippen molar-refractivity contribution < 1.29 is 4.74 Å². The standard InChI is InChI=1S/C15H21NOS/c1-11-9-17-12(2)7-16(11)8-13-10-18-15-6-4-3-5-14(13)15/h3-6,11-13H,7-10H2,1-2H3. The summed E-state index contributed by atoms with van der Waals surface area (Å²) < 4.78 is 5.71. The largest absolute Gasteiger partial charge is 0.376 e. The summed E-state index contributed by atoms with van der Waals surface area (Å²) in [4.78, 5) is 4.08. The molecule has 0 aliphatic carbocycles. The Balaban J connectivity index is 1.70. The van der Waals surface area contributed by atoms with Gasteiger partial charge in [0.1, 0.15) is 0 Å². The monoisotopic (exact) mass is 263 g/mol. The molecule has 0 bridgehead atoms. The number of ether oxygens (including phenoxy) is 1. The van der Waals surface area contributed by atoms with Crippen molar-refractivity contribution in [2.45, 2.75) is 36.8 Å². The SMILES string of the molecule is CC1CN(CC2CSc3ccccc32)C(C)CO1. The highest BCUT2D eigenvalue weighted by Crippen LogP contribution is 2.39. The van der Waals surface area contributed by atoms with Gasteiger partial charge in [-0.05, 0) is 25.5 Å². The zero-order valence-electron chi connectivity index (χ0n) is 11.1. The molecule has 0 saturated carbocycles. The summed E-state index contributed by atoms with van der Waals surface area (Å²) in [7, 11) is 0. The Kier molecular flexibility index (Phi) is 3.64. The molecule has 2 heterocycles. The Labute approximate surface area is 114 Å². The van der Waals surface area contributed by atoms with E-state index in [0.717, 1.165) is 13.2 Å². The first-order valence-corrected chi connectivity index (χ1v) is 7.80. The van der Waals surface area contributed by atoms with Crippen LogP contribution in [0.25, 0.3) is 0 Å². The van der Waals surface area contributed by atoms with Crippen molar-refractivity contribution in [3.05, 3.63) is 29.8 Å². The van der Waals surface area contributed by atoms with Crippen LogP contribution < -0.4 is 0 Å². The number of rotatable bonds is 2. The summed E-state index contributed by atoms with van der Waals surface area (Å²) >= 11 is 2.01. The van der Waals surface area contributed by atoms with E-state index in [9.17, 15) is 0 Å². The fourth-order valence-corrected chi connectivity index (χ4v) is 4.13. The average Bonchev–Trinajstić information content (AvgIpc) is 2.78. The van der Waals surface area contributed by atoms with Crippen LogP contribution in [0.15, 0.2) is 29.2 Å². The molecule has 1 aromatic carbocycles. The lowest BCUT2D eigenvalue weighted by Crippen LogP contribution is -2.48. The van der Waals surface area contributed by atoms with Gasteiger partial charge in [0, 0.05) is 35.7 Å². The molecule has 0 aromatic heterocycles. The van der Waals surface area contributed by atoms with Crippen LogP contribution in [-0.4, -0.2) is 42.5 Å². The van der Waals surface area contributed by atoms with Crippen LogP contribution in [0.2, 0.25) is 0 Å². The van der Waals surface area contributed by atoms with E-state index in [2.05, 4.69) is 43.0 Å². The van der Waals surface area contributed by atoms with E-state index >= 15 is 0 Å². The molecule has 0 radical (unpaired) electrons. The minimum Gasteiger partial charge on any atom is -0.376 e. The maximum Gasteiger partial charge on any atom is 0.0674 e. The Bertz CT molecular complexity index is 423. The summed E-state index contributed by atoms with van der Waals surface area (Å²) in [5, 5.41) is 0. The van der Waals surface area contributed by atoms with Gasteiger partial charge < -0.3 is 4.74 Å². The average molecular weight is 263 g/mol. The van der Waals surface area contributed by atoms with Crippen molar-refractivity contribution in [3.63, 3.8) is 0 Å². The number of fused-ring (bicyclic) bond motifs is 1. The van der Waals surface area contributed by atoms with E-state index in [1.807, 2.05) is 11.8 Å². The first-order chi connectivity index (χ1) is 8.74. The first kappa shape index (κ1) is 12.5. The lowest BCUT2D eigenvalue weighted by molar-refractivity contribution is -0.0505. The third-order valence-electron chi connectivity index (χ3n) is 3.99. The Morgan fingerprint density at radius 3 is 3.06 bits per heavy atom. The molecule has 0 spiro atoms. The van der Waals surface area contributed by atoms with Crippen molar-refractivity contribution in [1.82, 2.24) is 4.90 Å². The number of hydrogen-bond acceptors (Lipinski definition) is 3. The molecule has 1 fully saturated rings. The van der Waals surface area contributed by atoms with Gasteiger partial charge in [-0.15, -0.1) is 11.8 Å². The van der Waals surface area contributed by atoms with Gasteiger partial charge >= 0.3 is 0 Å². The second-order valence-electron chi connectivity index (χ2n) is 5.49. The van der Waals surface area contributed by atoms with Gasteiger partial charge in [0.2, 0.25) is 0 Å². The summed E-state index contributed by atoms with van der Waals surface area (Å²) in [6, 6.07) is 9.43. The van der Waals surface area contributed by atoms with E-state index in [-0.39, 0.29) is 0 Å². The summed E-state index contributed by atoms with van der Waals surface area (Å²) in [5.41, 5.74) is 1.55. The van der Waals surface area contributed by atoms with Gasteiger partial charge in [0.15, 0.2) is 0 Å². The molecule has 2 nitrogen and oxygen atoms in total. The number of morpholine rings is 1. The minimum absolute atomic E-state index is 0.380. The van der Waals surface area contributed by atoms with E-state index in [1.54, 1.807) is 5.56 Å². The third kappa shape index (κ3) is 2.44. The Hall–Kier alpha value is -0.510. The lowest BCUT2D eigenvalue weighted by Gasteiger charge is -2.38. The van der Waals surface area contributed by atoms with Gasteiger partial charge in [-0.1, -0.05) is 18.2 Å². The van der Waals surface area contributed by atoms with Gasteiger partial charge in [0.05, 0.1) is 12.7 Å². The smallest absolute Gasteiger partial charge is 0.0674 e. The van der Waals surface area contributed by atoms with Gasteiger partial charge in [-0.3, -0.25) is 4.90 Å². The Morgan fingerprint density at radius 1 is 1.33 bits per heavy atom. The zero-order valence-corrected chi connectivity index (χ0v) is 12.0. The molecular weight excluding hydrogens is 242 g/mol. The van der Waals surface area contributed by atoms with Crippen molar-refractivity contribution >= 4 is 11.8 Å². The summed E-state index contributed by atoms with van der Waals surface area (Å²) in [6.07, 6.45) is 0.380. The Morgan fingerprint density at radius 2 is 2.17 bits per heavy atom.